The minimum atomic E-state index is 0.283. The van der Waals surface area contributed by atoms with E-state index in [0.717, 1.165) is 0 Å². The molecule has 0 heterocycles. The highest BCUT2D eigenvalue weighted by molar-refractivity contribution is 5.68. The molecule has 12 aromatic carbocycles. The summed E-state index contributed by atoms with van der Waals surface area (Å²) < 4.78 is 0. The fourth-order valence-corrected chi connectivity index (χ4v) is 12.4. The largest absolute Gasteiger partial charge is 0.0622 e. The van der Waals surface area contributed by atoms with Crippen LogP contribution in [-0.2, 0) is 10.8 Å². The third-order valence-electron chi connectivity index (χ3n) is 20.1. The highest BCUT2D eigenvalue weighted by atomic mass is 14.4. The van der Waals surface area contributed by atoms with Gasteiger partial charge < -0.3 is 0 Å². The number of aryl methyl sites for hydroxylation is 12. The van der Waals surface area contributed by atoms with Gasteiger partial charge >= 0.3 is 0 Å². The van der Waals surface area contributed by atoms with Crippen LogP contribution in [0.25, 0.3) is 22.3 Å². The molecule has 0 amide bonds. The molecule has 0 bridgehead atoms. The van der Waals surface area contributed by atoms with Crippen molar-refractivity contribution in [2.45, 2.75) is 221 Å². The van der Waals surface area contributed by atoms with E-state index in [-0.39, 0.29) is 5.41 Å². The first-order valence-electron chi connectivity index (χ1n) is 38.4. The molecule has 1 fully saturated rings. The lowest BCUT2D eigenvalue weighted by Gasteiger charge is -2.21. The molecule has 0 unspecified atom stereocenters. The van der Waals surface area contributed by atoms with Crippen LogP contribution in [0.4, 0.5) is 0 Å². The summed E-state index contributed by atoms with van der Waals surface area (Å²) in [5.74, 6) is 1.93. The second-order valence-electron chi connectivity index (χ2n) is 30.9. The Morgan fingerprint density at radius 1 is 0.248 bits per heavy atom. The molecule has 0 aliphatic heterocycles. The molecule has 0 nitrogen and oxygen atoms in total. The molecule has 1 aliphatic rings. The van der Waals surface area contributed by atoms with E-state index in [0.29, 0.717) is 23.2 Å². The van der Waals surface area contributed by atoms with Crippen molar-refractivity contribution in [1.82, 2.24) is 0 Å². The van der Waals surface area contributed by atoms with E-state index in [4.69, 9.17) is 0 Å². The maximum atomic E-state index is 2.34. The summed E-state index contributed by atoms with van der Waals surface area (Å²) in [4.78, 5) is 0. The second-order valence-corrected chi connectivity index (χ2v) is 30.9. The lowest BCUT2D eigenvalue weighted by atomic mass is 9.84. The van der Waals surface area contributed by atoms with Crippen molar-refractivity contribution < 1.29 is 0 Å². The molecule has 1 aliphatic carbocycles. The minimum Gasteiger partial charge on any atom is -0.0622 e. The third-order valence-corrected chi connectivity index (χ3v) is 20.1. The molecule has 0 atom stereocenters. The van der Waals surface area contributed by atoms with E-state index in [1.165, 1.54) is 152 Å². The molecule has 13 rings (SSSR count). The van der Waals surface area contributed by atoms with Gasteiger partial charge in [-0.15, -0.1) is 0 Å². The Morgan fingerprint density at radius 2 is 0.562 bits per heavy atom. The summed E-state index contributed by atoms with van der Waals surface area (Å²) in [6.45, 7) is 57.0. The number of benzene rings is 12. The van der Waals surface area contributed by atoms with Gasteiger partial charge in [-0.3, -0.25) is 0 Å². The zero-order chi connectivity index (χ0) is 77.8. The first-order chi connectivity index (χ1) is 49.8. The first kappa shape index (κ1) is 88.0. The Morgan fingerprint density at radius 3 is 0.924 bits per heavy atom. The lowest BCUT2D eigenvalue weighted by Crippen LogP contribution is -2.12. The quantitative estimate of drug-likeness (QED) is 0.156. The van der Waals surface area contributed by atoms with Crippen LogP contribution in [0.15, 0.2) is 285 Å². The van der Waals surface area contributed by atoms with Crippen molar-refractivity contribution >= 4 is 0 Å². The standard InChI is InChI=1S/C14H14.C13H12.C13H20.C11H16.C10H12.2C10H14.C9H12.C8H10.C7H8/c1-11-7-6-10-14(12(11)2)13-8-4-3-5-9-13;1-11-7-5-6-10-13(11)12-8-3-2-4-9-12;1-9(2)12-7-6-8-13(10(3)4)11(12)5;1-9-7-5-6-8-10(9)11(2,3)4;1-10(7-8-10)9-5-3-2-4-6-9;1-7-5-8(2)10(4)9(3)6-7;1-8(2)10-7-5-4-6-9(10)3;1-7-5-4-6-8(2)9(7)3;1-7-5-3-4-6-8(7)2;1-7-5-3-2-4-6-7/h3-10H,1-2H3;2-10H,1H3;6-10H,1-5H3;5-8H,1-4H3;2-6H,7-8H2,1H3;5-6H,1-4H3;4-8H,1-3H3;4-6H,1-3H3;3-6H,1-2H3;2-6H,1H3. The fraction of sp³-hybridized carbons (Fsp3) is 0.314. The average Bonchev–Trinajstić information content (AvgIpc) is 1.66. The molecule has 0 spiro atoms. The van der Waals surface area contributed by atoms with E-state index < -0.39 is 0 Å². The Kier molecular flexibility index (Phi) is 37.8. The summed E-state index contributed by atoms with van der Waals surface area (Å²) in [7, 11) is 0. The van der Waals surface area contributed by atoms with Gasteiger partial charge in [-0.1, -0.05) is 365 Å². The van der Waals surface area contributed by atoms with Crippen LogP contribution in [0.1, 0.15) is 217 Å². The molecule has 105 heavy (non-hydrogen) atoms. The normalized spacial score (nSPS) is 11.2. The second kappa shape index (κ2) is 45.1. The van der Waals surface area contributed by atoms with Gasteiger partial charge in [-0.2, -0.15) is 0 Å². The summed E-state index contributed by atoms with van der Waals surface area (Å²) in [5.41, 5.74) is 35.6. The summed E-state index contributed by atoms with van der Waals surface area (Å²) in [6.07, 6.45) is 2.74. The molecule has 0 heteroatoms. The van der Waals surface area contributed by atoms with Crippen molar-refractivity contribution in [3.05, 3.63) is 402 Å². The molecule has 1 saturated carbocycles. The summed E-state index contributed by atoms with van der Waals surface area (Å²) >= 11 is 0. The minimum absolute atomic E-state index is 0.283. The zero-order valence-electron chi connectivity index (χ0n) is 69.8. The van der Waals surface area contributed by atoms with Crippen LogP contribution < -0.4 is 0 Å². The van der Waals surface area contributed by atoms with Crippen LogP contribution in [0.2, 0.25) is 0 Å². The molecular weight excluding hydrogens is 1260 g/mol. The average molecular weight is 1390 g/mol. The molecule has 12 aromatic rings. The summed E-state index contributed by atoms with van der Waals surface area (Å²) in [5, 5.41) is 0. The lowest BCUT2D eigenvalue weighted by molar-refractivity contribution is 0.586. The van der Waals surface area contributed by atoms with Crippen LogP contribution in [-0.4, -0.2) is 0 Å². The Bertz CT molecular complexity index is 4320. The zero-order valence-corrected chi connectivity index (χ0v) is 69.8. The SMILES string of the molecule is CC1(c2ccccc2)CC1.Cc1c(C(C)C)cccc1C(C)C.Cc1cc(C)c(C)c(C)c1.Cc1cccc(-c2ccccc2)c1C.Cc1cccc(C)c1C.Cc1ccccc1.Cc1ccccc1-c1ccccc1.Cc1ccccc1C.Cc1ccccc1C(C)(C)C.Cc1ccccc1C(C)C. The highest BCUT2D eigenvalue weighted by Crippen LogP contribution is 2.47. The van der Waals surface area contributed by atoms with Gasteiger partial charge in [0, 0.05) is 0 Å². The van der Waals surface area contributed by atoms with E-state index in [2.05, 4.69) is 441 Å². The molecule has 0 N–H and O–H groups in total. The van der Waals surface area contributed by atoms with Crippen molar-refractivity contribution in [2.24, 2.45) is 0 Å². The fourth-order valence-electron chi connectivity index (χ4n) is 12.4. The molecular formula is C105H132. The third kappa shape index (κ3) is 31.1. The van der Waals surface area contributed by atoms with Crippen molar-refractivity contribution in [3.8, 4) is 22.3 Å². The number of hydrogen-bond donors (Lipinski definition) is 0. The maximum absolute atomic E-state index is 2.34. The van der Waals surface area contributed by atoms with Gasteiger partial charge in [-0.25, -0.2) is 0 Å². The molecule has 552 valence electrons. The smallest absolute Gasteiger partial charge is 0.00746 e. The number of hydrogen-bond acceptors (Lipinski definition) is 0. The van der Waals surface area contributed by atoms with Gasteiger partial charge in [0.1, 0.15) is 0 Å². The van der Waals surface area contributed by atoms with Crippen LogP contribution in [0.3, 0.4) is 0 Å². The van der Waals surface area contributed by atoms with E-state index in [1.807, 2.05) is 24.3 Å². The van der Waals surface area contributed by atoms with Gasteiger partial charge in [0.2, 0.25) is 0 Å². The van der Waals surface area contributed by atoms with Gasteiger partial charge in [0.15, 0.2) is 0 Å². The Hall–Kier alpha value is -9.36. The highest BCUT2D eigenvalue weighted by Gasteiger charge is 2.38. The maximum Gasteiger partial charge on any atom is -0.00746 e. The van der Waals surface area contributed by atoms with Crippen molar-refractivity contribution in [2.75, 3.05) is 0 Å². The van der Waals surface area contributed by atoms with Crippen LogP contribution in [0.5, 0.6) is 0 Å². The van der Waals surface area contributed by atoms with Crippen LogP contribution >= 0.6 is 0 Å². The molecule has 0 aromatic heterocycles. The van der Waals surface area contributed by atoms with Gasteiger partial charge in [0.05, 0.1) is 0 Å². The predicted octanol–water partition coefficient (Wildman–Crippen LogP) is 30.9. The van der Waals surface area contributed by atoms with E-state index in [1.54, 1.807) is 0 Å². The topological polar surface area (TPSA) is 0 Å². The molecule has 0 saturated heterocycles. The van der Waals surface area contributed by atoms with Crippen molar-refractivity contribution in [3.63, 3.8) is 0 Å². The Balaban J connectivity index is 0.000000248. The van der Waals surface area contributed by atoms with E-state index >= 15 is 0 Å². The van der Waals surface area contributed by atoms with E-state index in [9.17, 15) is 0 Å². The predicted molar refractivity (Wildman–Crippen MR) is 469 cm³/mol. The van der Waals surface area contributed by atoms with Crippen molar-refractivity contribution in [1.29, 1.82) is 0 Å². The molecule has 0 radical (unpaired) electrons. The first-order valence-corrected chi connectivity index (χ1v) is 38.4. The van der Waals surface area contributed by atoms with Gasteiger partial charge in [0.25, 0.3) is 0 Å². The number of rotatable bonds is 6. The summed E-state index contributed by atoms with van der Waals surface area (Å²) in [6, 6.07) is 99.9. The van der Waals surface area contributed by atoms with Crippen LogP contribution in [0, 0.1) is 111 Å². The van der Waals surface area contributed by atoms with Gasteiger partial charge in [-0.05, 0) is 280 Å². The Labute approximate surface area is 641 Å². The monoisotopic (exact) mass is 1390 g/mol.